The molecule has 0 radical (unpaired) electrons. The molecule has 1 aromatic carbocycles. The Kier molecular flexibility index (Phi) is 4.03. The molecule has 2 unspecified atom stereocenters. The number of benzene rings is 1. The van der Waals surface area contributed by atoms with Gasteiger partial charge in [-0.2, -0.15) is 4.98 Å². The van der Waals surface area contributed by atoms with Gasteiger partial charge in [-0.25, -0.2) is 8.78 Å². The van der Waals surface area contributed by atoms with E-state index in [4.69, 9.17) is 4.52 Å². The SMILES string of the molecule is CNC1CCCC1c1nc(-c2ccc(F)c(F)c2Br)no1. The normalized spacial score (nSPS) is 21.9. The van der Waals surface area contributed by atoms with E-state index in [-0.39, 0.29) is 16.2 Å². The molecule has 0 amide bonds. The first-order valence-corrected chi connectivity index (χ1v) is 7.56. The van der Waals surface area contributed by atoms with Gasteiger partial charge in [-0.1, -0.05) is 11.6 Å². The highest BCUT2D eigenvalue weighted by molar-refractivity contribution is 9.10. The van der Waals surface area contributed by atoms with Gasteiger partial charge in [0, 0.05) is 11.6 Å². The molecule has 1 saturated carbocycles. The quantitative estimate of drug-likeness (QED) is 0.852. The summed E-state index contributed by atoms with van der Waals surface area (Å²) >= 11 is 3.04. The first-order valence-electron chi connectivity index (χ1n) is 6.76. The van der Waals surface area contributed by atoms with Crippen LogP contribution in [-0.2, 0) is 0 Å². The van der Waals surface area contributed by atoms with E-state index in [2.05, 4.69) is 31.4 Å². The summed E-state index contributed by atoms with van der Waals surface area (Å²) in [5, 5.41) is 7.14. The highest BCUT2D eigenvalue weighted by Gasteiger charge is 2.32. The van der Waals surface area contributed by atoms with Gasteiger partial charge in [-0.05, 0) is 48.0 Å². The molecule has 2 atom stereocenters. The number of hydrogen-bond acceptors (Lipinski definition) is 4. The summed E-state index contributed by atoms with van der Waals surface area (Å²) in [6.07, 6.45) is 3.14. The summed E-state index contributed by atoms with van der Waals surface area (Å²) in [6.45, 7) is 0. The molecule has 21 heavy (non-hydrogen) atoms. The Morgan fingerprint density at radius 1 is 1.33 bits per heavy atom. The van der Waals surface area contributed by atoms with Gasteiger partial charge in [-0.15, -0.1) is 0 Å². The van der Waals surface area contributed by atoms with Crippen LogP contribution < -0.4 is 5.32 Å². The number of rotatable bonds is 3. The zero-order chi connectivity index (χ0) is 15.0. The zero-order valence-corrected chi connectivity index (χ0v) is 13.0. The molecule has 4 nitrogen and oxygen atoms in total. The van der Waals surface area contributed by atoms with E-state index in [9.17, 15) is 8.78 Å². The number of nitrogens with zero attached hydrogens (tertiary/aromatic N) is 2. The minimum absolute atomic E-state index is 0.00596. The van der Waals surface area contributed by atoms with Crippen LogP contribution >= 0.6 is 15.9 Å². The van der Waals surface area contributed by atoms with Crippen molar-refractivity contribution in [1.29, 1.82) is 0 Å². The minimum Gasteiger partial charge on any atom is -0.339 e. The third kappa shape index (κ3) is 2.60. The highest BCUT2D eigenvalue weighted by Crippen LogP contribution is 2.36. The molecule has 1 fully saturated rings. The summed E-state index contributed by atoms with van der Waals surface area (Å²) in [7, 11) is 1.91. The van der Waals surface area contributed by atoms with Gasteiger partial charge < -0.3 is 9.84 Å². The molecule has 0 spiro atoms. The topological polar surface area (TPSA) is 51.0 Å². The molecule has 2 aromatic rings. The Bertz CT molecular complexity index is 662. The molecule has 1 heterocycles. The molecule has 0 aliphatic heterocycles. The van der Waals surface area contributed by atoms with Crippen LogP contribution in [0.1, 0.15) is 31.1 Å². The lowest BCUT2D eigenvalue weighted by molar-refractivity contribution is 0.335. The maximum Gasteiger partial charge on any atom is 0.231 e. The van der Waals surface area contributed by atoms with Crippen LogP contribution in [0.5, 0.6) is 0 Å². The van der Waals surface area contributed by atoms with Crippen molar-refractivity contribution >= 4 is 15.9 Å². The average molecular weight is 358 g/mol. The molecule has 1 aliphatic rings. The van der Waals surface area contributed by atoms with Crippen LogP contribution in [0.4, 0.5) is 8.78 Å². The molecular formula is C14H14BrF2N3O. The van der Waals surface area contributed by atoms with E-state index in [1.165, 1.54) is 6.07 Å². The summed E-state index contributed by atoms with van der Waals surface area (Å²) in [5.41, 5.74) is 0.378. The van der Waals surface area contributed by atoms with E-state index < -0.39 is 11.6 Å². The van der Waals surface area contributed by atoms with Gasteiger partial charge in [0.15, 0.2) is 11.6 Å². The number of aromatic nitrogens is 2. The predicted octanol–water partition coefficient (Wildman–Crippen LogP) is 3.63. The van der Waals surface area contributed by atoms with E-state index in [1.54, 1.807) is 0 Å². The number of likely N-dealkylation sites (N-methyl/N-ethyl adjacent to an activating group) is 1. The van der Waals surface area contributed by atoms with Crippen LogP contribution in [-0.4, -0.2) is 23.2 Å². The summed E-state index contributed by atoms with van der Waals surface area (Å²) in [4.78, 5) is 4.36. The first kappa shape index (κ1) is 14.6. The molecule has 3 rings (SSSR count). The van der Waals surface area contributed by atoms with Gasteiger partial charge in [0.05, 0.1) is 10.4 Å². The van der Waals surface area contributed by atoms with Crippen LogP contribution in [0, 0.1) is 11.6 Å². The lowest BCUT2D eigenvalue weighted by Gasteiger charge is -2.14. The summed E-state index contributed by atoms with van der Waals surface area (Å²) in [5.74, 6) is -0.899. The lowest BCUT2D eigenvalue weighted by Crippen LogP contribution is -2.27. The highest BCUT2D eigenvalue weighted by atomic mass is 79.9. The van der Waals surface area contributed by atoms with Gasteiger partial charge in [0.2, 0.25) is 11.7 Å². The number of nitrogens with one attached hydrogen (secondary N) is 1. The minimum atomic E-state index is -0.951. The van der Waals surface area contributed by atoms with Crippen LogP contribution in [0.2, 0.25) is 0 Å². The molecule has 1 N–H and O–H groups in total. The lowest BCUT2D eigenvalue weighted by atomic mass is 10.0. The van der Waals surface area contributed by atoms with E-state index in [0.29, 0.717) is 17.5 Å². The largest absolute Gasteiger partial charge is 0.339 e. The smallest absolute Gasteiger partial charge is 0.231 e. The monoisotopic (exact) mass is 357 g/mol. The van der Waals surface area contributed by atoms with Crippen LogP contribution in [0.25, 0.3) is 11.4 Å². The second-order valence-electron chi connectivity index (χ2n) is 5.11. The maximum absolute atomic E-state index is 13.6. The van der Waals surface area contributed by atoms with Gasteiger partial charge in [-0.3, -0.25) is 0 Å². The Balaban J connectivity index is 1.94. The number of halogens is 3. The van der Waals surface area contributed by atoms with E-state index in [1.807, 2.05) is 7.05 Å². The predicted molar refractivity (Wildman–Crippen MR) is 76.8 cm³/mol. The number of hydrogen-bond donors (Lipinski definition) is 1. The van der Waals surface area contributed by atoms with Crippen LogP contribution in [0.15, 0.2) is 21.1 Å². The standard InChI is InChI=1S/C14H14BrF2N3O/c1-18-10-4-2-3-7(10)14-19-13(20-21-14)8-5-6-9(16)12(17)11(8)15/h5-7,10,18H,2-4H2,1H3. The zero-order valence-electron chi connectivity index (χ0n) is 11.4. The Labute approximate surface area is 129 Å². The Morgan fingerprint density at radius 2 is 2.14 bits per heavy atom. The maximum atomic E-state index is 13.6. The molecule has 0 bridgehead atoms. The Morgan fingerprint density at radius 3 is 2.90 bits per heavy atom. The fourth-order valence-corrected chi connectivity index (χ4v) is 3.29. The summed E-state index contributed by atoms with van der Waals surface area (Å²) < 4.78 is 32.1. The summed E-state index contributed by atoms with van der Waals surface area (Å²) in [6, 6.07) is 2.80. The van der Waals surface area contributed by atoms with E-state index >= 15 is 0 Å². The second-order valence-corrected chi connectivity index (χ2v) is 5.90. The second kappa shape index (κ2) is 5.81. The molecule has 1 aromatic heterocycles. The average Bonchev–Trinajstić information content (AvgIpc) is 3.12. The van der Waals surface area contributed by atoms with Crippen molar-refractivity contribution in [2.24, 2.45) is 0 Å². The molecule has 7 heteroatoms. The van der Waals surface area contributed by atoms with Crippen molar-refractivity contribution in [3.8, 4) is 11.4 Å². The fraction of sp³-hybridized carbons (Fsp3) is 0.429. The third-order valence-electron chi connectivity index (χ3n) is 3.92. The van der Waals surface area contributed by atoms with E-state index in [0.717, 1.165) is 25.3 Å². The van der Waals surface area contributed by atoms with Crippen molar-refractivity contribution < 1.29 is 13.3 Å². The van der Waals surface area contributed by atoms with Crippen molar-refractivity contribution in [2.45, 2.75) is 31.2 Å². The van der Waals surface area contributed by atoms with Crippen LogP contribution in [0.3, 0.4) is 0 Å². The Hall–Kier alpha value is -1.34. The molecule has 112 valence electrons. The first-order chi connectivity index (χ1) is 10.1. The van der Waals surface area contributed by atoms with Gasteiger partial charge in [0.25, 0.3) is 0 Å². The third-order valence-corrected chi connectivity index (χ3v) is 4.70. The van der Waals surface area contributed by atoms with Crippen molar-refractivity contribution in [3.05, 3.63) is 34.1 Å². The van der Waals surface area contributed by atoms with Crippen molar-refractivity contribution in [3.63, 3.8) is 0 Å². The van der Waals surface area contributed by atoms with Crippen molar-refractivity contribution in [2.75, 3.05) is 7.05 Å². The molecular weight excluding hydrogens is 344 g/mol. The fourth-order valence-electron chi connectivity index (χ4n) is 2.79. The van der Waals surface area contributed by atoms with Crippen molar-refractivity contribution in [1.82, 2.24) is 15.5 Å². The molecule has 0 saturated heterocycles. The molecule has 1 aliphatic carbocycles. The van der Waals surface area contributed by atoms with Gasteiger partial charge in [0.1, 0.15) is 0 Å². The van der Waals surface area contributed by atoms with Gasteiger partial charge >= 0.3 is 0 Å².